The fourth-order valence-electron chi connectivity index (χ4n) is 2.32. The molecule has 0 aliphatic carbocycles. The van der Waals surface area contributed by atoms with E-state index in [1.54, 1.807) is 11.0 Å². The molecule has 1 rings (SSSR count). The predicted molar refractivity (Wildman–Crippen MR) is 88.5 cm³/mol. The summed E-state index contributed by atoms with van der Waals surface area (Å²) in [6, 6.07) is 7.19. The van der Waals surface area contributed by atoms with Gasteiger partial charge in [-0.2, -0.15) is 0 Å². The van der Waals surface area contributed by atoms with E-state index in [0.717, 1.165) is 5.56 Å². The third-order valence-electron chi connectivity index (χ3n) is 3.12. The Hall–Kier alpha value is -1.59. The Morgan fingerprint density at radius 1 is 1.23 bits per heavy atom. The van der Waals surface area contributed by atoms with E-state index in [1.165, 1.54) is 0 Å². The molecule has 3 N–H and O–H groups in total. The highest BCUT2D eigenvalue weighted by Crippen LogP contribution is 2.21. The van der Waals surface area contributed by atoms with Crippen molar-refractivity contribution in [2.24, 2.45) is 11.7 Å². The van der Waals surface area contributed by atoms with Crippen LogP contribution in [-0.2, 0) is 9.59 Å². The minimum Gasteiger partial charge on any atom is -0.369 e. The number of carbonyl (C=O) groups excluding carboxylic acids is 2. The molecule has 5 nitrogen and oxygen atoms in total. The predicted octanol–water partition coefficient (Wildman–Crippen LogP) is 1.96. The van der Waals surface area contributed by atoms with Crippen LogP contribution in [0.3, 0.4) is 0 Å². The third kappa shape index (κ3) is 6.45. The van der Waals surface area contributed by atoms with Gasteiger partial charge in [0.1, 0.15) is 0 Å². The summed E-state index contributed by atoms with van der Waals surface area (Å²) < 4.78 is 0. The van der Waals surface area contributed by atoms with Crippen LogP contribution in [0.25, 0.3) is 0 Å². The average molecular weight is 326 g/mol. The summed E-state index contributed by atoms with van der Waals surface area (Å²) in [5.74, 6) is -0.255. The van der Waals surface area contributed by atoms with Crippen molar-refractivity contribution < 1.29 is 9.59 Å². The molecule has 0 saturated heterocycles. The second-order valence-electron chi connectivity index (χ2n) is 5.84. The molecule has 1 aromatic carbocycles. The van der Waals surface area contributed by atoms with Crippen LogP contribution in [0.2, 0.25) is 5.02 Å². The van der Waals surface area contributed by atoms with Crippen molar-refractivity contribution in [2.75, 3.05) is 19.6 Å². The van der Waals surface area contributed by atoms with Gasteiger partial charge in [0.25, 0.3) is 0 Å². The van der Waals surface area contributed by atoms with E-state index in [-0.39, 0.29) is 25.0 Å². The molecule has 0 fully saturated rings. The molecule has 6 heteroatoms. The molecule has 122 valence electrons. The van der Waals surface area contributed by atoms with Crippen molar-refractivity contribution >= 4 is 23.4 Å². The van der Waals surface area contributed by atoms with Crippen LogP contribution in [0.15, 0.2) is 24.3 Å². The lowest BCUT2D eigenvalue weighted by Gasteiger charge is -2.23. The Balaban J connectivity index is 2.62. The minimum atomic E-state index is -0.437. The van der Waals surface area contributed by atoms with Gasteiger partial charge in [-0.15, -0.1) is 0 Å². The van der Waals surface area contributed by atoms with Gasteiger partial charge < -0.3 is 11.1 Å². The zero-order chi connectivity index (χ0) is 16.7. The first-order chi connectivity index (χ1) is 10.3. The molecule has 0 bridgehead atoms. The van der Waals surface area contributed by atoms with Crippen LogP contribution in [0.4, 0.5) is 0 Å². The van der Waals surface area contributed by atoms with Crippen LogP contribution in [0, 0.1) is 5.92 Å². The Morgan fingerprint density at radius 3 is 2.41 bits per heavy atom. The van der Waals surface area contributed by atoms with Crippen molar-refractivity contribution in [3.8, 4) is 0 Å². The number of hydrogen-bond donors (Lipinski definition) is 2. The van der Waals surface area contributed by atoms with Crippen LogP contribution in [0.5, 0.6) is 0 Å². The smallest absolute Gasteiger partial charge is 0.234 e. The number of amides is 2. The standard InChI is InChI=1S/C16H24ClN3O2/c1-11(2)8-20(9-15(18)21)10-16(22)19-12(3)13-6-4-5-7-14(13)17/h4-7,11-12H,8-10H2,1-3H3,(H2,18,21)(H,19,22). The molecular formula is C16H24ClN3O2. The van der Waals surface area contributed by atoms with Gasteiger partial charge in [-0.05, 0) is 24.5 Å². The normalized spacial score (nSPS) is 12.5. The summed E-state index contributed by atoms with van der Waals surface area (Å²) in [6.07, 6.45) is 0. The Bertz CT molecular complexity index is 520. The first-order valence-electron chi connectivity index (χ1n) is 7.34. The molecule has 0 aliphatic rings. The van der Waals surface area contributed by atoms with E-state index in [4.69, 9.17) is 17.3 Å². The van der Waals surface area contributed by atoms with E-state index in [1.807, 2.05) is 39.0 Å². The molecule has 0 saturated carbocycles. The van der Waals surface area contributed by atoms with Crippen LogP contribution in [-0.4, -0.2) is 36.3 Å². The summed E-state index contributed by atoms with van der Waals surface area (Å²) >= 11 is 6.12. The lowest BCUT2D eigenvalue weighted by atomic mass is 10.1. The van der Waals surface area contributed by atoms with Crippen LogP contribution < -0.4 is 11.1 Å². The van der Waals surface area contributed by atoms with Gasteiger partial charge in [0.15, 0.2) is 0 Å². The topological polar surface area (TPSA) is 75.4 Å². The number of nitrogens with one attached hydrogen (secondary N) is 1. The number of rotatable bonds is 8. The number of halogens is 1. The van der Waals surface area contributed by atoms with E-state index >= 15 is 0 Å². The first kappa shape index (κ1) is 18.5. The number of nitrogens with two attached hydrogens (primary N) is 1. The maximum atomic E-state index is 12.2. The van der Waals surface area contributed by atoms with Crippen LogP contribution >= 0.6 is 11.6 Å². The van der Waals surface area contributed by atoms with Gasteiger partial charge in [-0.1, -0.05) is 43.6 Å². The second-order valence-corrected chi connectivity index (χ2v) is 6.25. The molecule has 0 radical (unpaired) electrons. The second kappa shape index (κ2) is 8.76. The highest BCUT2D eigenvalue weighted by Gasteiger charge is 2.17. The van der Waals surface area contributed by atoms with Crippen molar-refractivity contribution in [1.29, 1.82) is 0 Å². The van der Waals surface area contributed by atoms with E-state index in [9.17, 15) is 9.59 Å². The van der Waals surface area contributed by atoms with E-state index < -0.39 is 5.91 Å². The maximum Gasteiger partial charge on any atom is 0.234 e. The van der Waals surface area contributed by atoms with Crippen molar-refractivity contribution in [3.05, 3.63) is 34.9 Å². The quantitative estimate of drug-likeness (QED) is 0.767. The molecule has 22 heavy (non-hydrogen) atoms. The summed E-state index contributed by atoms with van der Waals surface area (Å²) in [5.41, 5.74) is 6.09. The third-order valence-corrected chi connectivity index (χ3v) is 3.46. The molecule has 1 atom stereocenters. The van der Waals surface area contributed by atoms with E-state index in [0.29, 0.717) is 17.5 Å². The number of nitrogens with zero attached hydrogens (tertiary/aromatic N) is 1. The van der Waals surface area contributed by atoms with Gasteiger partial charge in [0.2, 0.25) is 11.8 Å². The Labute approximate surface area is 136 Å². The molecule has 0 heterocycles. The lowest BCUT2D eigenvalue weighted by Crippen LogP contribution is -2.43. The van der Waals surface area contributed by atoms with E-state index in [2.05, 4.69) is 5.32 Å². The number of hydrogen-bond acceptors (Lipinski definition) is 3. The highest BCUT2D eigenvalue weighted by molar-refractivity contribution is 6.31. The van der Waals surface area contributed by atoms with Gasteiger partial charge in [-0.25, -0.2) is 0 Å². The molecule has 0 aliphatic heterocycles. The maximum absolute atomic E-state index is 12.2. The zero-order valence-corrected chi connectivity index (χ0v) is 14.1. The number of benzene rings is 1. The number of carbonyl (C=O) groups is 2. The summed E-state index contributed by atoms with van der Waals surface area (Å²) in [7, 11) is 0. The SMILES string of the molecule is CC(C)CN(CC(N)=O)CC(=O)NC(C)c1ccccc1Cl. The van der Waals surface area contributed by atoms with Crippen molar-refractivity contribution in [3.63, 3.8) is 0 Å². The highest BCUT2D eigenvalue weighted by atomic mass is 35.5. The fourth-order valence-corrected chi connectivity index (χ4v) is 2.62. The Kier molecular flexibility index (Phi) is 7.35. The van der Waals surface area contributed by atoms with Gasteiger partial charge >= 0.3 is 0 Å². The average Bonchev–Trinajstić information content (AvgIpc) is 2.36. The van der Waals surface area contributed by atoms with Gasteiger partial charge in [-0.3, -0.25) is 14.5 Å². The summed E-state index contributed by atoms with van der Waals surface area (Å²) in [4.78, 5) is 25.0. The molecular weight excluding hydrogens is 302 g/mol. The van der Waals surface area contributed by atoms with Crippen molar-refractivity contribution in [1.82, 2.24) is 10.2 Å². The molecule has 0 spiro atoms. The zero-order valence-electron chi connectivity index (χ0n) is 13.3. The fraction of sp³-hybridized carbons (Fsp3) is 0.500. The molecule has 0 aromatic heterocycles. The summed E-state index contributed by atoms with van der Waals surface area (Å²) in [6.45, 7) is 6.77. The molecule has 1 aromatic rings. The molecule has 2 amide bonds. The Morgan fingerprint density at radius 2 is 1.86 bits per heavy atom. The largest absolute Gasteiger partial charge is 0.369 e. The lowest BCUT2D eigenvalue weighted by molar-refractivity contribution is -0.124. The minimum absolute atomic E-state index is 0.0755. The van der Waals surface area contributed by atoms with Gasteiger partial charge in [0, 0.05) is 11.6 Å². The summed E-state index contributed by atoms with van der Waals surface area (Å²) in [5, 5.41) is 3.51. The van der Waals surface area contributed by atoms with Gasteiger partial charge in [0.05, 0.1) is 19.1 Å². The van der Waals surface area contributed by atoms with Crippen molar-refractivity contribution in [2.45, 2.75) is 26.8 Å². The monoisotopic (exact) mass is 325 g/mol. The first-order valence-corrected chi connectivity index (χ1v) is 7.71. The number of primary amides is 1. The molecule has 1 unspecified atom stereocenters. The van der Waals surface area contributed by atoms with Crippen LogP contribution in [0.1, 0.15) is 32.4 Å².